The molecular formula is C12H23N5O2. The zero-order valence-corrected chi connectivity index (χ0v) is 12.1. The summed E-state index contributed by atoms with van der Waals surface area (Å²) >= 11 is 0. The Balaban J connectivity index is 2.96. The quantitative estimate of drug-likeness (QED) is 0.793. The number of carbonyl (C=O) groups excluding carboxylic acids is 1. The van der Waals surface area contributed by atoms with Crippen molar-refractivity contribution in [1.29, 1.82) is 0 Å². The number of amides is 1. The van der Waals surface area contributed by atoms with Gasteiger partial charge < -0.3 is 15.4 Å². The fourth-order valence-electron chi connectivity index (χ4n) is 2.02. The summed E-state index contributed by atoms with van der Waals surface area (Å²) in [4.78, 5) is 11.2. The molecule has 0 spiro atoms. The number of anilines is 1. The molecule has 1 amide bonds. The zero-order valence-electron chi connectivity index (χ0n) is 12.1. The standard InChI is InChI=1S/C12H23N5O2/c1-5-7-9(8-6-2)17-10(13-3)11(15-16-17)19-12(18)14-4/h9,13H,5-8H2,1-4H3,(H,14,18). The molecule has 0 bridgehead atoms. The van der Waals surface area contributed by atoms with Gasteiger partial charge in [-0.3, -0.25) is 0 Å². The molecule has 2 N–H and O–H groups in total. The lowest BCUT2D eigenvalue weighted by Gasteiger charge is -2.17. The molecule has 7 heteroatoms. The van der Waals surface area contributed by atoms with E-state index in [4.69, 9.17) is 4.74 Å². The molecule has 0 saturated heterocycles. The molecule has 19 heavy (non-hydrogen) atoms. The Kier molecular flexibility index (Phi) is 6.11. The van der Waals surface area contributed by atoms with Crippen molar-refractivity contribution in [2.24, 2.45) is 0 Å². The molecule has 0 aromatic carbocycles. The van der Waals surface area contributed by atoms with E-state index in [1.54, 1.807) is 7.05 Å². The van der Waals surface area contributed by atoms with Gasteiger partial charge in [0.05, 0.1) is 6.04 Å². The van der Waals surface area contributed by atoms with Crippen LogP contribution in [0, 0.1) is 0 Å². The predicted molar refractivity (Wildman–Crippen MR) is 73.5 cm³/mol. The Bertz CT molecular complexity index is 399. The van der Waals surface area contributed by atoms with Crippen LogP contribution in [0.4, 0.5) is 10.6 Å². The van der Waals surface area contributed by atoms with Crippen LogP contribution in [0.2, 0.25) is 0 Å². The van der Waals surface area contributed by atoms with E-state index in [1.807, 2.05) is 4.68 Å². The second kappa shape index (κ2) is 7.60. The van der Waals surface area contributed by atoms with Gasteiger partial charge in [-0.1, -0.05) is 37.0 Å². The number of nitrogens with one attached hydrogen (secondary N) is 2. The van der Waals surface area contributed by atoms with Crippen LogP contribution in [0.15, 0.2) is 0 Å². The third kappa shape index (κ3) is 3.84. The molecule has 0 fully saturated rings. The average molecular weight is 269 g/mol. The molecule has 0 atom stereocenters. The first-order valence-corrected chi connectivity index (χ1v) is 6.70. The molecule has 0 unspecified atom stereocenters. The van der Waals surface area contributed by atoms with Crippen molar-refractivity contribution < 1.29 is 9.53 Å². The second-order valence-corrected chi connectivity index (χ2v) is 4.31. The summed E-state index contributed by atoms with van der Waals surface area (Å²) in [5, 5.41) is 13.4. The van der Waals surface area contributed by atoms with E-state index in [2.05, 4.69) is 34.8 Å². The van der Waals surface area contributed by atoms with Crippen molar-refractivity contribution in [3.63, 3.8) is 0 Å². The number of ether oxygens (including phenoxy) is 1. The van der Waals surface area contributed by atoms with Gasteiger partial charge in [-0.25, -0.2) is 9.48 Å². The monoisotopic (exact) mass is 269 g/mol. The number of hydrogen-bond acceptors (Lipinski definition) is 5. The maximum absolute atomic E-state index is 11.2. The van der Waals surface area contributed by atoms with Crippen molar-refractivity contribution >= 4 is 11.9 Å². The highest BCUT2D eigenvalue weighted by Crippen LogP contribution is 2.28. The summed E-state index contributed by atoms with van der Waals surface area (Å²) in [5.41, 5.74) is 0. The minimum absolute atomic E-state index is 0.207. The van der Waals surface area contributed by atoms with Crippen LogP contribution in [0.1, 0.15) is 45.6 Å². The van der Waals surface area contributed by atoms with Crippen LogP contribution in [-0.2, 0) is 0 Å². The van der Waals surface area contributed by atoms with Gasteiger partial charge >= 0.3 is 6.09 Å². The average Bonchev–Trinajstić information content (AvgIpc) is 2.80. The molecule has 7 nitrogen and oxygen atoms in total. The van der Waals surface area contributed by atoms with Crippen molar-refractivity contribution in [1.82, 2.24) is 20.3 Å². The summed E-state index contributed by atoms with van der Waals surface area (Å²) in [7, 11) is 3.27. The van der Waals surface area contributed by atoms with Gasteiger partial charge in [-0.2, -0.15) is 0 Å². The normalized spacial score (nSPS) is 10.6. The second-order valence-electron chi connectivity index (χ2n) is 4.31. The largest absolute Gasteiger partial charge is 0.413 e. The summed E-state index contributed by atoms with van der Waals surface area (Å²) in [6, 6.07) is 0.270. The van der Waals surface area contributed by atoms with Crippen molar-refractivity contribution in [3.8, 4) is 5.88 Å². The smallest absolute Gasteiger partial charge is 0.385 e. The molecule has 108 valence electrons. The lowest BCUT2D eigenvalue weighted by atomic mass is 10.1. The van der Waals surface area contributed by atoms with E-state index in [0.717, 1.165) is 25.7 Å². The highest BCUT2D eigenvalue weighted by molar-refractivity contribution is 5.71. The van der Waals surface area contributed by atoms with E-state index in [9.17, 15) is 4.79 Å². The SMILES string of the molecule is CCCC(CCC)n1nnc(OC(=O)NC)c1NC. The van der Waals surface area contributed by atoms with Crippen LogP contribution in [0.3, 0.4) is 0 Å². The van der Waals surface area contributed by atoms with Crippen LogP contribution in [-0.4, -0.2) is 35.2 Å². The highest BCUT2D eigenvalue weighted by atomic mass is 16.6. The van der Waals surface area contributed by atoms with Gasteiger partial charge in [0.1, 0.15) is 0 Å². The van der Waals surface area contributed by atoms with Crippen molar-refractivity contribution in [2.75, 3.05) is 19.4 Å². The van der Waals surface area contributed by atoms with Crippen molar-refractivity contribution in [2.45, 2.75) is 45.6 Å². The fraction of sp³-hybridized carbons (Fsp3) is 0.750. The first-order chi connectivity index (χ1) is 9.17. The summed E-state index contributed by atoms with van der Waals surface area (Å²) in [5.74, 6) is 0.842. The maximum atomic E-state index is 11.2. The first kappa shape index (κ1) is 15.3. The van der Waals surface area contributed by atoms with Crippen LogP contribution < -0.4 is 15.4 Å². The van der Waals surface area contributed by atoms with Crippen molar-refractivity contribution in [3.05, 3.63) is 0 Å². The number of carbonyl (C=O) groups is 1. The minimum Gasteiger partial charge on any atom is -0.385 e. The topological polar surface area (TPSA) is 81.1 Å². The predicted octanol–water partition coefficient (Wildman–Crippen LogP) is 2.18. The highest BCUT2D eigenvalue weighted by Gasteiger charge is 2.21. The maximum Gasteiger partial charge on any atom is 0.413 e. The lowest BCUT2D eigenvalue weighted by Crippen LogP contribution is -2.22. The summed E-state index contributed by atoms with van der Waals surface area (Å²) in [6.45, 7) is 4.28. The Morgan fingerprint density at radius 3 is 2.42 bits per heavy atom. The number of aromatic nitrogens is 3. The molecular weight excluding hydrogens is 246 g/mol. The zero-order chi connectivity index (χ0) is 14.3. The van der Waals surface area contributed by atoms with E-state index in [0.29, 0.717) is 5.82 Å². The molecule has 0 aliphatic carbocycles. The molecule has 0 radical (unpaired) electrons. The fourth-order valence-corrected chi connectivity index (χ4v) is 2.02. The third-order valence-corrected chi connectivity index (χ3v) is 2.88. The van der Waals surface area contributed by atoms with Crippen LogP contribution >= 0.6 is 0 Å². The summed E-state index contributed by atoms with van der Waals surface area (Å²) < 4.78 is 6.88. The lowest BCUT2D eigenvalue weighted by molar-refractivity contribution is 0.201. The number of nitrogens with zero attached hydrogens (tertiary/aromatic N) is 3. The molecule has 1 aromatic heterocycles. The number of hydrogen-bond donors (Lipinski definition) is 2. The Morgan fingerprint density at radius 2 is 1.95 bits per heavy atom. The summed E-state index contributed by atoms with van der Waals surface area (Å²) in [6.07, 6.45) is 3.63. The van der Waals surface area contributed by atoms with E-state index >= 15 is 0 Å². The third-order valence-electron chi connectivity index (χ3n) is 2.88. The first-order valence-electron chi connectivity index (χ1n) is 6.70. The van der Waals surface area contributed by atoms with Gasteiger partial charge in [-0.15, -0.1) is 0 Å². The van der Waals surface area contributed by atoms with Gasteiger partial charge in [-0.05, 0) is 12.8 Å². The molecule has 0 saturated carbocycles. The molecule has 0 aliphatic heterocycles. The van der Waals surface area contributed by atoms with Gasteiger partial charge in [0.25, 0.3) is 5.88 Å². The van der Waals surface area contributed by atoms with Gasteiger partial charge in [0.15, 0.2) is 5.82 Å². The van der Waals surface area contributed by atoms with Crippen LogP contribution in [0.25, 0.3) is 0 Å². The van der Waals surface area contributed by atoms with Gasteiger partial charge in [0.2, 0.25) is 0 Å². The van der Waals surface area contributed by atoms with E-state index in [1.165, 1.54) is 7.05 Å². The Morgan fingerprint density at radius 1 is 1.32 bits per heavy atom. The van der Waals surface area contributed by atoms with E-state index in [-0.39, 0.29) is 11.9 Å². The van der Waals surface area contributed by atoms with Crippen LogP contribution in [0.5, 0.6) is 5.88 Å². The molecule has 1 aromatic rings. The molecule has 1 rings (SSSR count). The Labute approximate surface area is 113 Å². The minimum atomic E-state index is -0.550. The molecule has 0 aliphatic rings. The number of rotatable bonds is 7. The van der Waals surface area contributed by atoms with Gasteiger partial charge in [0, 0.05) is 14.1 Å². The Hall–Kier alpha value is -1.79. The molecule has 1 heterocycles. The van der Waals surface area contributed by atoms with E-state index < -0.39 is 6.09 Å².